The van der Waals surface area contributed by atoms with E-state index in [1.165, 1.54) is 24.3 Å². The van der Waals surface area contributed by atoms with Crippen molar-refractivity contribution in [3.8, 4) is 11.4 Å². The number of hydrogen-bond acceptors (Lipinski definition) is 7. The number of fused-ring (bicyclic) bond motifs is 1. The van der Waals surface area contributed by atoms with Gasteiger partial charge in [-0.25, -0.2) is 9.18 Å². The number of rotatable bonds is 7. The predicted octanol–water partition coefficient (Wildman–Crippen LogP) is 4.17. The fourth-order valence-corrected chi connectivity index (χ4v) is 4.16. The molecule has 0 bridgehead atoms. The highest BCUT2D eigenvalue weighted by atomic mass is 32.1. The minimum atomic E-state index is -0.856. The van der Waals surface area contributed by atoms with E-state index in [0.717, 1.165) is 16.0 Å². The number of thiophene rings is 1. The third-order valence-corrected chi connectivity index (χ3v) is 5.75. The highest BCUT2D eigenvalue weighted by molar-refractivity contribution is 7.16. The van der Waals surface area contributed by atoms with Crippen LogP contribution in [-0.4, -0.2) is 34.4 Å². The lowest BCUT2D eigenvalue weighted by molar-refractivity contribution is -0.122. The third kappa shape index (κ3) is 4.67. The van der Waals surface area contributed by atoms with Crippen LogP contribution in [0.4, 0.5) is 9.39 Å². The van der Waals surface area contributed by atoms with E-state index in [1.807, 2.05) is 6.07 Å². The molecule has 2 aromatic carbocycles. The number of amides is 1. The van der Waals surface area contributed by atoms with Gasteiger partial charge in [-0.3, -0.25) is 9.59 Å². The maximum atomic E-state index is 13.4. The summed E-state index contributed by atoms with van der Waals surface area (Å²) in [5, 5.41) is 9.02. The minimum Gasteiger partial charge on any atom is -0.481 e. The second-order valence-electron chi connectivity index (χ2n) is 7.18. The Bertz CT molecular complexity index is 1400. The van der Waals surface area contributed by atoms with E-state index in [0.29, 0.717) is 5.75 Å². The Morgan fingerprint density at radius 2 is 1.85 bits per heavy atom. The van der Waals surface area contributed by atoms with Gasteiger partial charge < -0.3 is 14.8 Å². The number of aromatic nitrogens is 2. The van der Waals surface area contributed by atoms with Gasteiger partial charge in [0.05, 0.1) is 17.7 Å². The second kappa shape index (κ2) is 9.84. The predicted molar refractivity (Wildman–Crippen MR) is 126 cm³/mol. The molecule has 4 aromatic rings. The summed E-state index contributed by atoms with van der Waals surface area (Å²) in [5.74, 6) is -1.16. The normalized spacial score (nSPS) is 11.7. The first-order valence-electron chi connectivity index (χ1n) is 10.4. The molecule has 174 valence electrons. The number of nitrogens with zero attached hydrogens (tertiary/aromatic N) is 2. The van der Waals surface area contributed by atoms with E-state index in [2.05, 4.69) is 10.4 Å². The Balaban J connectivity index is 1.76. The van der Waals surface area contributed by atoms with Crippen LogP contribution in [0.15, 0.2) is 64.8 Å². The van der Waals surface area contributed by atoms with Gasteiger partial charge >= 0.3 is 5.97 Å². The number of carbonyl (C=O) groups excluding carboxylic acids is 2. The van der Waals surface area contributed by atoms with Crippen LogP contribution < -0.4 is 15.6 Å². The molecule has 2 heterocycles. The quantitative estimate of drug-likeness (QED) is 0.398. The first-order chi connectivity index (χ1) is 16.4. The van der Waals surface area contributed by atoms with E-state index >= 15 is 0 Å². The van der Waals surface area contributed by atoms with Gasteiger partial charge in [0.25, 0.3) is 11.5 Å². The summed E-state index contributed by atoms with van der Waals surface area (Å²) in [5.41, 5.74) is -0.419. The Hall–Kier alpha value is -4.05. The summed E-state index contributed by atoms with van der Waals surface area (Å²) >= 11 is 1.08. The van der Waals surface area contributed by atoms with Crippen molar-refractivity contribution in [2.45, 2.75) is 20.0 Å². The molecule has 0 aliphatic carbocycles. The van der Waals surface area contributed by atoms with Crippen LogP contribution in [0.1, 0.15) is 24.3 Å². The van der Waals surface area contributed by atoms with E-state index in [9.17, 15) is 18.8 Å². The van der Waals surface area contributed by atoms with Crippen molar-refractivity contribution >= 4 is 39.0 Å². The third-order valence-electron chi connectivity index (χ3n) is 4.85. The molecule has 0 unspecified atom stereocenters. The van der Waals surface area contributed by atoms with Gasteiger partial charge in [0.2, 0.25) is 0 Å². The van der Waals surface area contributed by atoms with E-state index in [-0.39, 0.29) is 33.8 Å². The van der Waals surface area contributed by atoms with Gasteiger partial charge in [-0.1, -0.05) is 18.2 Å². The van der Waals surface area contributed by atoms with Crippen molar-refractivity contribution in [2.24, 2.45) is 0 Å². The van der Waals surface area contributed by atoms with Gasteiger partial charge in [-0.15, -0.1) is 11.3 Å². The van der Waals surface area contributed by atoms with Crippen molar-refractivity contribution in [3.05, 3.63) is 81.8 Å². The molecule has 34 heavy (non-hydrogen) atoms. The molecule has 0 aliphatic heterocycles. The molecule has 1 amide bonds. The van der Waals surface area contributed by atoms with Crippen LogP contribution >= 0.6 is 11.3 Å². The number of benzene rings is 2. The number of hydrogen-bond donors (Lipinski definition) is 1. The van der Waals surface area contributed by atoms with Crippen molar-refractivity contribution in [1.29, 1.82) is 0 Å². The molecule has 10 heteroatoms. The molecule has 4 rings (SSSR count). The largest absolute Gasteiger partial charge is 0.481 e. The molecular formula is C24H20FN3O5S. The van der Waals surface area contributed by atoms with Gasteiger partial charge in [0.15, 0.2) is 11.8 Å². The summed E-state index contributed by atoms with van der Waals surface area (Å²) in [7, 11) is 0. The van der Waals surface area contributed by atoms with Crippen molar-refractivity contribution in [3.63, 3.8) is 0 Å². The van der Waals surface area contributed by atoms with Crippen LogP contribution in [0.3, 0.4) is 0 Å². The monoisotopic (exact) mass is 481 g/mol. The van der Waals surface area contributed by atoms with Crippen molar-refractivity contribution in [2.75, 3.05) is 11.9 Å². The Labute approximate surface area is 197 Å². The number of halogens is 1. The molecule has 0 saturated carbocycles. The summed E-state index contributed by atoms with van der Waals surface area (Å²) < 4.78 is 25.2. The van der Waals surface area contributed by atoms with Crippen LogP contribution in [0.25, 0.3) is 16.5 Å². The van der Waals surface area contributed by atoms with E-state index in [1.54, 1.807) is 43.5 Å². The molecule has 1 N–H and O–H groups in total. The maximum absolute atomic E-state index is 13.4. The number of ether oxygens (including phenoxy) is 2. The zero-order valence-electron chi connectivity index (χ0n) is 18.3. The number of carbonyl (C=O) groups is 2. The van der Waals surface area contributed by atoms with E-state index < -0.39 is 29.4 Å². The first-order valence-corrected chi connectivity index (χ1v) is 11.3. The summed E-state index contributed by atoms with van der Waals surface area (Å²) in [6.07, 6.45) is -0.856. The maximum Gasteiger partial charge on any atom is 0.359 e. The standard InChI is InChI=1S/C24H20FN3O5S/c1-3-32-24(31)20-18-13-34-22(26-21(29)14(2)33-17-7-5-4-6-8-17)19(18)23(30)28(27-20)16-11-9-15(25)10-12-16/h4-14H,3H2,1-2H3,(H,26,29)/t14-/m0/s1. The number of nitrogens with one attached hydrogen (secondary N) is 1. The van der Waals surface area contributed by atoms with Crippen molar-refractivity contribution < 1.29 is 23.5 Å². The summed E-state index contributed by atoms with van der Waals surface area (Å²) in [4.78, 5) is 38.7. The molecule has 2 aromatic heterocycles. The van der Waals surface area contributed by atoms with Crippen LogP contribution in [0.5, 0.6) is 5.75 Å². The molecule has 0 saturated heterocycles. The van der Waals surface area contributed by atoms with Gasteiger partial charge in [0, 0.05) is 10.8 Å². The SMILES string of the molecule is CCOC(=O)c1nn(-c2ccc(F)cc2)c(=O)c2c(NC(=O)[C@H](C)Oc3ccccc3)scc12. The molecule has 0 radical (unpaired) electrons. The topological polar surface area (TPSA) is 99.5 Å². The first kappa shape index (κ1) is 23.1. The smallest absolute Gasteiger partial charge is 0.359 e. The zero-order chi connectivity index (χ0) is 24.2. The second-order valence-corrected chi connectivity index (χ2v) is 8.06. The Morgan fingerprint density at radius 1 is 1.15 bits per heavy atom. The lowest BCUT2D eigenvalue weighted by atomic mass is 10.2. The average molecular weight is 482 g/mol. The Morgan fingerprint density at radius 3 is 2.53 bits per heavy atom. The average Bonchev–Trinajstić information content (AvgIpc) is 3.25. The van der Waals surface area contributed by atoms with Crippen molar-refractivity contribution in [1.82, 2.24) is 9.78 Å². The lowest BCUT2D eigenvalue weighted by Gasteiger charge is -2.14. The summed E-state index contributed by atoms with van der Waals surface area (Å²) in [6.45, 7) is 3.35. The highest BCUT2D eigenvalue weighted by Gasteiger charge is 2.24. The Kier molecular flexibility index (Phi) is 6.69. The van der Waals surface area contributed by atoms with Crippen LogP contribution in [-0.2, 0) is 9.53 Å². The molecule has 0 spiro atoms. The van der Waals surface area contributed by atoms with E-state index in [4.69, 9.17) is 9.47 Å². The molecular weight excluding hydrogens is 461 g/mol. The molecule has 0 aliphatic rings. The number of para-hydroxylation sites is 1. The molecule has 1 atom stereocenters. The number of esters is 1. The van der Waals surface area contributed by atoms with Gasteiger partial charge in [-0.2, -0.15) is 9.78 Å². The molecule has 0 fully saturated rings. The van der Waals surface area contributed by atoms with Crippen LogP contribution in [0.2, 0.25) is 0 Å². The van der Waals surface area contributed by atoms with Gasteiger partial charge in [-0.05, 0) is 50.2 Å². The minimum absolute atomic E-state index is 0.0904. The summed E-state index contributed by atoms with van der Waals surface area (Å²) in [6, 6.07) is 13.9. The fourth-order valence-electron chi connectivity index (χ4n) is 3.22. The van der Waals surface area contributed by atoms with Crippen LogP contribution in [0, 0.1) is 5.82 Å². The highest BCUT2D eigenvalue weighted by Crippen LogP contribution is 2.31. The molecule has 8 nitrogen and oxygen atoms in total. The number of anilines is 1. The zero-order valence-corrected chi connectivity index (χ0v) is 19.1. The van der Waals surface area contributed by atoms with Gasteiger partial charge in [0.1, 0.15) is 16.6 Å². The fraction of sp³-hybridized carbons (Fsp3) is 0.167. The lowest BCUT2D eigenvalue weighted by Crippen LogP contribution is -2.31.